The van der Waals surface area contributed by atoms with Gasteiger partial charge in [-0.05, 0) is 60.9 Å². The number of aryl methyl sites for hydroxylation is 1. The molecule has 9 heteroatoms. The third kappa shape index (κ3) is 4.40. The lowest BCUT2D eigenvalue weighted by Gasteiger charge is -2.09. The van der Waals surface area contributed by atoms with Crippen LogP contribution in [0.15, 0.2) is 60.8 Å². The maximum Gasteiger partial charge on any atom is 0.416 e. The summed E-state index contributed by atoms with van der Waals surface area (Å²) < 4.78 is 42.3. The van der Waals surface area contributed by atoms with Gasteiger partial charge in [0.1, 0.15) is 10.8 Å². The zero-order valence-corrected chi connectivity index (χ0v) is 15.9. The van der Waals surface area contributed by atoms with E-state index in [9.17, 15) is 13.2 Å². The molecule has 1 N–H and O–H groups in total. The van der Waals surface area contributed by atoms with E-state index in [0.29, 0.717) is 17.2 Å². The summed E-state index contributed by atoms with van der Waals surface area (Å²) in [6.45, 7) is 1.84. The standard InChI is InChI=1S/C20H14F3N5S/c1-12-25-18(29-28-12)14-4-8-16(9-5-14)26-19-24-11-10-17(27-19)13-2-6-15(7-3-13)20(21,22)23/h2-11H,1H3,(H,24,26,27). The van der Waals surface area contributed by atoms with Gasteiger partial charge in [-0.3, -0.25) is 0 Å². The lowest BCUT2D eigenvalue weighted by molar-refractivity contribution is -0.137. The smallest absolute Gasteiger partial charge is 0.324 e. The minimum Gasteiger partial charge on any atom is -0.324 e. The fourth-order valence-electron chi connectivity index (χ4n) is 2.65. The molecular weight excluding hydrogens is 399 g/mol. The van der Waals surface area contributed by atoms with Crippen molar-refractivity contribution in [3.8, 4) is 21.8 Å². The molecular formula is C20H14F3N5S. The zero-order valence-electron chi connectivity index (χ0n) is 15.1. The van der Waals surface area contributed by atoms with Crippen molar-refractivity contribution in [3.63, 3.8) is 0 Å². The highest BCUT2D eigenvalue weighted by Gasteiger charge is 2.30. The van der Waals surface area contributed by atoms with Gasteiger partial charge in [-0.25, -0.2) is 15.0 Å². The first-order valence-electron chi connectivity index (χ1n) is 8.57. The summed E-state index contributed by atoms with van der Waals surface area (Å²) >= 11 is 1.34. The molecule has 5 nitrogen and oxygen atoms in total. The number of hydrogen-bond donors (Lipinski definition) is 1. The van der Waals surface area contributed by atoms with Crippen molar-refractivity contribution in [2.75, 3.05) is 5.32 Å². The number of aromatic nitrogens is 4. The first kappa shape index (κ1) is 19.0. The first-order chi connectivity index (χ1) is 13.9. The van der Waals surface area contributed by atoms with E-state index in [0.717, 1.165) is 34.2 Å². The number of nitrogens with one attached hydrogen (secondary N) is 1. The molecule has 2 aromatic carbocycles. The summed E-state index contributed by atoms with van der Waals surface area (Å²) in [5.41, 5.74) is 2.14. The molecule has 2 heterocycles. The van der Waals surface area contributed by atoms with Crippen LogP contribution < -0.4 is 5.32 Å². The minimum absolute atomic E-state index is 0.349. The summed E-state index contributed by atoms with van der Waals surface area (Å²) in [7, 11) is 0. The average Bonchev–Trinajstić information content (AvgIpc) is 3.15. The van der Waals surface area contributed by atoms with Crippen LogP contribution in [0, 0.1) is 6.92 Å². The Balaban J connectivity index is 1.52. The molecule has 2 aromatic heterocycles. The molecule has 0 amide bonds. The predicted molar refractivity (Wildman–Crippen MR) is 106 cm³/mol. The highest BCUT2D eigenvalue weighted by Crippen LogP contribution is 2.31. The molecule has 0 fully saturated rings. The normalized spacial score (nSPS) is 11.4. The SMILES string of the molecule is Cc1nsc(-c2ccc(Nc3nccc(-c4ccc(C(F)(F)F)cc4)n3)cc2)n1. The van der Waals surface area contributed by atoms with Crippen molar-refractivity contribution < 1.29 is 13.2 Å². The molecule has 0 bridgehead atoms. The van der Waals surface area contributed by atoms with Gasteiger partial charge in [-0.15, -0.1) is 0 Å². The van der Waals surface area contributed by atoms with E-state index >= 15 is 0 Å². The maximum absolute atomic E-state index is 12.7. The van der Waals surface area contributed by atoms with Crippen LogP contribution in [-0.4, -0.2) is 19.3 Å². The van der Waals surface area contributed by atoms with Crippen molar-refractivity contribution in [2.45, 2.75) is 13.1 Å². The van der Waals surface area contributed by atoms with E-state index in [1.54, 1.807) is 12.3 Å². The first-order valence-corrected chi connectivity index (χ1v) is 9.34. The zero-order chi connectivity index (χ0) is 20.4. The van der Waals surface area contributed by atoms with Gasteiger partial charge in [0.15, 0.2) is 0 Å². The van der Waals surface area contributed by atoms with Gasteiger partial charge in [-0.2, -0.15) is 17.5 Å². The van der Waals surface area contributed by atoms with Crippen molar-refractivity contribution in [3.05, 3.63) is 72.2 Å². The molecule has 0 unspecified atom stereocenters. The molecule has 0 saturated carbocycles. The number of hydrogen-bond acceptors (Lipinski definition) is 6. The molecule has 0 saturated heterocycles. The summed E-state index contributed by atoms with van der Waals surface area (Å²) in [4.78, 5) is 12.9. The molecule has 0 aliphatic rings. The third-order valence-corrected chi connectivity index (χ3v) is 4.93. The van der Waals surface area contributed by atoms with Crippen molar-refractivity contribution in [1.29, 1.82) is 0 Å². The number of alkyl halides is 3. The van der Waals surface area contributed by atoms with Gasteiger partial charge in [0.25, 0.3) is 0 Å². The number of benzene rings is 2. The monoisotopic (exact) mass is 413 g/mol. The van der Waals surface area contributed by atoms with Gasteiger partial charge >= 0.3 is 6.18 Å². The number of rotatable bonds is 4. The second-order valence-corrected chi connectivity index (χ2v) is 6.94. The van der Waals surface area contributed by atoms with Crippen molar-refractivity contribution >= 4 is 23.2 Å². The highest BCUT2D eigenvalue weighted by atomic mass is 32.1. The van der Waals surface area contributed by atoms with Gasteiger partial charge in [0.2, 0.25) is 5.95 Å². The lowest BCUT2D eigenvalue weighted by atomic mass is 10.1. The number of anilines is 2. The van der Waals surface area contributed by atoms with E-state index < -0.39 is 11.7 Å². The highest BCUT2D eigenvalue weighted by molar-refractivity contribution is 7.09. The Kier molecular flexibility index (Phi) is 4.98. The quantitative estimate of drug-likeness (QED) is 0.463. The molecule has 0 atom stereocenters. The summed E-state index contributed by atoms with van der Waals surface area (Å²) in [6, 6.07) is 14.1. The van der Waals surface area contributed by atoms with E-state index in [1.807, 2.05) is 31.2 Å². The maximum atomic E-state index is 12.7. The van der Waals surface area contributed by atoms with E-state index in [-0.39, 0.29) is 0 Å². The molecule has 146 valence electrons. The molecule has 4 rings (SSSR count). The Morgan fingerprint density at radius 3 is 2.17 bits per heavy atom. The largest absolute Gasteiger partial charge is 0.416 e. The Labute approximate surface area is 168 Å². The van der Waals surface area contributed by atoms with Crippen LogP contribution in [-0.2, 0) is 6.18 Å². The summed E-state index contributed by atoms with van der Waals surface area (Å²) in [5, 5.41) is 3.94. The predicted octanol–water partition coefficient (Wildman–Crippen LogP) is 5.73. The molecule has 0 spiro atoms. The lowest BCUT2D eigenvalue weighted by Crippen LogP contribution is -2.04. The second-order valence-electron chi connectivity index (χ2n) is 6.19. The number of nitrogens with zero attached hydrogens (tertiary/aromatic N) is 4. The van der Waals surface area contributed by atoms with Gasteiger partial charge in [0, 0.05) is 23.0 Å². The van der Waals surface area contributed by atoms with Crippen LogP contribution in [0.3, 0.4) is 0 Å². The summed E-state index contributed by atoms with van der Waals surface area (Å²) in [6.07, 6.45) is -2.81. The van der Waals surface area contributed by atoms with E-state index in [1.165, 1.54) is 23.7 Å². The molecule has 4 aromatic rings. The van der Waals surface area contributed by atoms with Crippen LogP contribution in [0.1, 0.15) is 11.4 Å². The number of halogens is 3. The van der Waals surface area contributed by atoms with E-state index in [4.69, 9.17) is 0 Å². The topological polar surface area (TPSA) is 63.6 Å². The van der Waals surface area contributed by atoms with Gasteiger partial charge in [0.05, 0.1) is 11.3 Å². The Hall–Kier alpha value is -3.33. The van der Waals surface area contributed by atoms with Crippen LogP contribution in [0.25, 0.3) is 21.8 Å². The third-order valence-electron chi connectivity index (χ3n) is 4.08. The molecule has 0 aliphatic carbocycles. The van der Waals surface area contributed by atoms with Gasteiger partial charge in [-0.1, -0.05) is 12.1 Å². The Morgan fingerprint density at radius 2 is 1.55 bits per heavy atom. The van der Waals surface area contributed by atoms with Crippen LogP contribution in [0.5, 0.6) is 0 Å². The molecule has 29 heavy (non-hydrogen) atoms. The van der Waals surface area contributed by atoms with Gasteiger partial charge < -0.3 is 5.32 Å². The fraction of sp³-hybridized carbons (Fsp3) is 0.100. The van der Waals surface area contributed by atoms with Crippen molar-refractivity contribution in [2.24, 2.45) is 0 Å². The van der Waals surface area contributed by atoms with Crippen LogP contribution >= 0.6 is 11.5 Å². The second kappa shape index (κ2) is 7.59. The fourth-order valence-corrected chi connectivity index (χ4v) is 3.32. The minimum atomic E-state index is -4.36. The Morgan fingerprint density at radius 1 is 0.862 bits per heavy atom. The van der Waals surface area contributed by atoms with Crippen LogP contribution in [0.2, 0.25) is 0 Å². The molecule has 0 aliphatic heterocycles. The van der Waals surface area contributed by atoms with E-state index in [2.05, 4.69) is 24.6 Å². The molecule has 0 radical (unpaired) electrons. The Bertz CT molecular complexity index is 1120. The average molecular weight is 413 g/mol. The van der Waals surface area contributed by atoms with Crippen molar-refractivity contribution in [1.82, 2.24) is 19.3 Å². The van der Waals surface area contributed by atoms with Crippen LogP contribution in [0.4, 0.5) is 24.8 Å². The summed E-state index contributed by atoms with van der Waals surface area (Å²) in [5.74, 6) is 1.09.